The van der Waals surface area contributed by atoms with Gasteiger partial charge >= 0.3 is 0 Å². The lowest BCUT2D eigenvalue weighted by Gasteiger charge is -2.29. The van der Waals surface area contributed by atoms with Crippen LogP contribution in [0.2, 0.25) is 0 Å². The number of rotatable bonds is 5. The zero-order valence-electron chi connectivity index (χ0n) is 15.3. The molecule has 0 atom stereocenters. The van der Waals surface area contributed by atoms with E-state index in [9.17, 15) is 18.0 Å². The van der Waals surface area contributed by atoms with Gasteiger partial charge in [0, 0.05) is 18.8 Å². The first-order chi connectivity index (χ1) is 12.8. The topological polar surface area (TPSA) is 83.5 Å². The highest BCUT2D eigenvalue weighted by Crippen LogP contribution is 2.25. The summed E-state index contributed by atoms with van der Waals surface area (Å²) in [5.74, 6) is 0.142. The number of ketones is 1. The number of carbonyl (C=O) groups is 2. The molecule has 0 aliphatic carbocycles. The molecule has 1 aromatic heterocycles. The van der Waals surface area contributed by atoms with Crippen LogP contribution in [-0.4, -0.2) is 37.5 Å². The third kappa shape index (κ3) is 4.45. The summed E-state index contributed by atoms with van der Waals surface area (Å²) in [7, 11) is -3.50. The number of hydrogen-bond acceptors (Lipinski definition) is 5. The summed E-state index contributed by atoms with van der Waals surface area (Å²) in [6, 6.07) is 9.41. The number of hydrogen-bond donors (Lipinski definition) is 1. The number of benzene rings is 1. The smallest absolute Gasteiger partial charge is 0.265 e. The van der Waals surface area contributed by atoms with E-state index in [2.05, 4.69) is 12.2 Å². The van der Waals surface area contributed by atoms with E-state index in [0.29, 0.717) is 34.4 Å². The lowest BCUT2D eigenvalue weighted by Crippen LogP contribution is -2.37. The van der Waals surface area contributed by atoms with Crippen LogP contribution in [0.15, 0.2) is 41.3 Å². The monoisotopic (exact) mass is 406 g/mol. The molecular weight excluding hydrogens is 384 g/mol. The molecule has 2 aromatic rings. The van der Waals surface area contributed by atoms with E-state index in [-0.39, 0.29) is 16.6 Å². The van der Waals surface area contributed by atoms with Crippen molar-refractivity contribution in [1.82, 2.24) is 4.31 Å². The van der Waals surface area contributed by atoms with Crippen molar-refractivity contribution in [2.45, 2.75) is 31.6 Å². The maximum absolute atomic E-state index is 12.7. The molecular formula is C19H22N2O4S2. The zero-order chi connectivity index (χ0) is 19.6. The van der Waals surface area contributed by atoms with E-state index in [1.54, 1.807) is 24.3 Å². The molecule has 1 saturated heterocycles. The number of carbonyl (C=O) groups excluding carboxylic acids is 2. The summed E-state index contributed by atoms with van der Waals surface area (Å²) in [6.07, 6.45) is 1.74. The Morgan fingerprint density at radius 3 is 2.19 bits per heavy atom. The van der Waals surface area contributed by atoms with Crippen molar-refractivity contribution in [3.05, 3.63) is 46.2 Å². The van der Waals surface area contributed by atoms with Crippen LogP contribution < -0.4 is 5.32 Å². The lowest BCUT2D eigenvalue weighted by atomic mass is 10.0. The average molecular weight is 407 g/mol. The molecule has 0 saturated carbocycles. The average Bonchev–Trinajstić information content (AvgIpc) is 3.13. The van der Waals surface area contributed by atoms with Gasteiger partial charge in [0.1, 0.15) is 0 Å². The Bertz CT molecular complexity index is 940. The molecule has 0 unspecified atom stereocenters. The molecule has 1 aromatic carbocycles. The molecule has 3 rings (SSSR count). The van der Waals surface area contributed by atoms with Gasteiger partial charge in [0.25, 0.3) is 5.91 Å². The number of piperidine rings is 1. The molecule has 0 radical (unpaired) electrons. The van der Waals surface area contributed by atoms with Crippen molar-refractivity contribution in [3.63, 3.8) is 0 Å². The van der Waals surface area contributed by atoms with Gasteiger partial charge < -0.3 is 5.32 Å². The lowest BCUT2D eigenvalue weighted by molar-refractivity contribution is 0.101. The van der Waals surface area contributed by atoms with Crippen LogP contribution in [0.1, 0.15) is 46.0 Å². The zero-order valence-corrected chi connectivity index (χ0v) is 16.9. The minimum atomic E-state index is -3.50. The summed E-state index contributed by atoms with van der Waals surface area (Å²) in [6.45, 7) is 4.67. The van der Waals surface area contributed by atoms with Crippen molar-refractivity contribution in [2.75, 3.05) is 18.4 Å². The van der Waals surface area contributed by atoms with Gasteiger partial charge in [-0.3, -0.25) is 9.59 Å². The van der Waals surface area contributed by atoms with Gasteiger partial charge in [0.15, 0.2) is 5.78 Å². The summed E-state index contributed by atoms with van der Waals surface area (Å²) >= 11 is 1.13. The molecule has 1 N–H and O–H groups in total. The summed E-state index contributed by atoms with van der Waals surface area (Å²) in [5, 5.41) is 2.73. The molecule has 0 bridgehead atoms. The fourth-order valence-electron chi connectivity index (χ4n) is 2.93. The van der Waals surface area contributed by atoms with Gasteiger partial charge in [0.2, 0.25) is 10.0 Å². The van der Waals surface area contributed by atoms with Crippen molar-refractivity contribution in [1.29, 1.82) is 0 Å². The van der Waals surface area contributed by atoms with Gasteiger partial charge in [-0.2, -0.15) is 4.31 Å². The van der Waals surface area contributed by atoms with Gasteiger partial charge in [-0.05, 0) is 62.1 Å². The molecule has 1 amide bonds. The molecule has 1 aliphatic rings. The third-order valence-electron chi connectivity index (χ3n) is 4.67. The second-order valence-electron chi connectivity index (χ2n) is 6.79. The maximum atomic E-state index is 12.7. The van der Waals surface area contributed by atoms with Gasteiger partial charge in [0.05, 0.1) is 14.6 Å². The van der Waals surface area contributed by atoms with Crippen molar-refractivity contribution in [3.8, 4) is 0 Å². The molecule has 1 fully saturated rings. The molecule has 27 heavy (non-hydrogen) atoms. The first-order valence-corrected chi connectivity index (χ1v) is 11.1. The van der Waals surface area contributed by atoms with Crippen LogP contribution in [0.3, 0.4) is 0 Å². The third-order valence-corrected chi connectivity index (χ3v) is 7.77. The standard InChI is InChI=1S/C19H22N2O4S2/c1-13-9-11-21(12-10-13)27(24,25)16-5-3-15(4-6-16)20-19(23)18-8-7-17(26-18)14(2)22/h3-8,13H,9-12H2,1-2H3,(H,20,23). The first-order valence-electron chi connectivity index (χ1n) is 8.79. The predicted octanol–water partition coefficient (Wildman–Crippen LogP) is 3.62. The van der Waals surface area contributed by atoms with Crippen LogP contribution in [0, 0.1) is 5.92 Å². The fraction of sp³-hybridized carbons (Fsp3) is 0.368. The highest BCUT2D eigenvalue weighted by molar-refractivity contribution is 7.89. The Balaban J connectivity index is 1.69. The van der Waals surface area contributed by atoms with Gasteiger partial charge in [-0.15, -0.1) is 11.3 Å². The number of nitrogens with one attached hydrogen (secondary N) is 1. The Kier molecular flexibility index (Phi) is 5.78. The predicted molar refractivity (Wildman–Crippen MR) is 106 cm³/mol. The van der Waals surface area contributed by atoms with Crippen LogP contribution >= 0.6 is 11.3 Å². The van der Waals surface area contributed by atoms with Crippen LogP contribution in [0.25, 0.3) is 0 Å². The molecule has 0 spiro atoms. The largest absolute Gasteiger partial charge is 0.321 e. The first kappa shape index (κ1) is 19.7. The summed E-state index contributed by atoms with van der Waals surface area (Å²) in [5.41, 5.74) is 0.504. The summed E-state index contributed by atoms with van der Waals surface area (Å²) < 4.78 is 27.0. The van der Waals surface area contributed by atoms with Crippen LogP contribution in [0.4, 0.5) is 5.69 Å². The molecule has 6 nitrogen and oxygen atoms in total. The minimum Gasteiger partial charge on any atom is -0.321 e. The second kappa shape index (κ2) is 7.92. The molecule has 8 heteroatoms. The van der Waals surface area contributed by atoms with Crippen molar-refractivity contribution in [2.24, 2.45) is 5.92 Å². The molecule has 2 heterocycles. The summed E-state index contributed by atoms with van der Waals surface area (Å²) in [4.78, 5) is 24.8. The Labute approximate surface area is 163 Å². The Hall–Kier alpha value is -2.03. The van der Waals surface area contributed by atoms with E-state index >= 15 is 0 Å². The van der Waals surface area contributed by atoms with E-state index in [4.69, 9.17) is 0 Å². The second-order valence-corrected chi connectivity index (χ2v) is 9.81. The number of thiophene rings is 1. The Morgan fingerprint density at radius 1 is 1.04 bits per heavy atom. The normalized spacial score (nSPS) is 16.2. The van der Waals surface area contributed by atoms with Gasteiger partial charge in [-0.1, -0.05) is 6.92 Å². The highest BCUT2D eigenvalue weighted by atomic mass is 32.2. The van der Waals surface area contributed by atoms with Gasteiger partial charge in [-0.25, -0.2) is 8.42 Å². The fourth-order valence-corrected chi connectivity index (χ4v) is 5.19. The highest BCUT2D eigenvalue weighted by Gasteiger charge is 2.27. The minimum absolute atomic E-state index is 0.0827. The maximum Gasteiger partial charge on any atom is 0.265 e. The number of Topliss-reactive ketones (excluding diaryl/α,β-unsaturated/α-hetero) is 1. The van der Waals surface area contributed by atoms with E-state index in [0.717, 1.165) is 24.2 Å². The van der Waals surface area contributed by atoms with E-state index < -0.39 is 10.0 Å². The van der Waals surface area contributed by atoms with Crippen molar-refractivity contribution < 1.29 is 18.0 Å². The number of anilines is 1. The number of amides is 1. The SMILES string of the molecule is CC(=O)c1ccc(C(=O)Nc2ccc(S(=O)(=O)N3CCC(C)CC3)cc2)s1. The number of nitrogens with zero attached hydrogens (tertiary/aromatic N) is 1. The van der Waals surface area contributed by atoms with E-state index in [1.165, 1.54) is 23.4 Å². The van der Waals surface area contributed by atoms with Crippen LogP contribution in [-0.2, 0) is 10.0 Å². The quantitative estimate of drug-likeness (QED) is 0.769. The van der Waals surface area contributed by atoms with Crippen molar-refractivity contribution >= 4 is 38.7 Å². The molecule has 1 aliphatic heterocycles. The van der Waals surface area contributed by atoms with Crippen LogP contribution in [0.5, 0.6) is 0 Å². The number of sulfonamides is 1. The molecule has 144 valence electrons. The Morgan fingerprint density at radius 2 is 1.63 bits per heavy atom. The van der Waals surface area contributed by atoms with E-state index in [1.807, 2.05) is 0 Å².